The Hall–Kier alpha value is -2.63. The van der Waals surface area contributed by atoms with Crippen molar-refractivity contribution in [3.63, 3.8) is 0 Å². The van der Waals surface area contributed by atoms with Crippen LogP contribution in [0.5, 0.6) is 5.75 Å². The smallest absolute Gasteiger partial charge is 0.162 e. The fraction of sp³-hybridized carbons (Fsp3) is 0.214. The second-order valence-corrected chi connectivity index (χ2v) is 4.75. The van der Waals surface area contributed by atoms with Crippen molar-refractivity contribution >= 4 is 17.0 Å². The van der Waals surface area contributed by atoms with Crippen LogP contribution in [0.15, 0.2) is 24.8 Å². The summed E-state index contributed by atoms with van der Waals surface area (Å²) in [6, 6.07) is 3.91. The van der Waals surface area contributed by atoms with Crippen LogP contribution in [0.2, 0.25) is 0 Å². The van der Waals surface area contributed by atoms with E-state index in [1.807, 2.05) is 26.0 Å². The fourth-order valence-electron chi connectivity index (χ4n) is 2.23. The van der Waals surface area contributed by atoms with E-state index in [-0.39, 0.29) is 0 Å². The van der Waals surface area contributed by atoms with Gasteiger partial charge in [0.15, 0.2) is 11.5 Å². The van der Waals surface area contributed by atoms with Crippen LogP contribution >= 0.6 is 0 Å². The Morgan fingerprint density at radius 1 is 1.15 bits per heavy atom. The van der Waals surface area contributed by atoms with Crippen LogP contribution in [0.3, 0.4) is 0 Å². The fourth-order valence-corrected chi connectivity index (χ4v) is 2.23. The number of benzene rings is 1. The Balaban J connectivity index is 1.85. The van der Waals surface area contributed by atoms with Crippen molar-refractivity contribution in [1.82, 2.24) is 19.9 Å². The molecule has 2 aromatic heterocycles. The van der Waals surface area contributed by atoms with Crippen molar-refractivity contribution in [2.75, 3.05) is 5.32 Å². The summed E-state index contributed by atoms with van der Waals surface area (Å²) >= 11 is 0. The SMILES string of the molecule is Cc1cc(CNc2ncnc3[nH]cnc23)cc(C)c1O. The topological polar surface area (TPSA) is 86.7 Å². The van der Waals surface area contributed by atoms with E-state index in [2.05, 4.69) is 25.3 Å². The predicted molar refractivity (Wildman–Crippen MR) is 76.6 cm³/mol. The summed E-state index contributed by atoms with van der Waals surface area (Å²) in [5, 5.41) is 13.0. The number of aromatic hydroxyl groups is 1. The molecule has 0 aliphatic rings. The number of nitrogens with one attached hydrogen (secondary N) is 2. The average molecular weight is 269 g/mol. The number of fused-ring (bicyclic) bond motifs is 1. The molecule has 0 radical (unpaired) electrons. The summed E-state index contributed by atoms with van der Waals surface area (Å²) < 4.78 is 0. The molecule has 0 saturated carbocycles. The summed E-state index contributed by atoms with van der Waals surface area (Å²) in [4.78, 5) is 15.4. The Morgan fingerprint density at radius 3 is 2.65 bits per heavy atom. The molecule has 6 heteroatoms. The first kappa shape index (κ1) is 12.4. The molecule has 2 heterocycles. The van der Waals surface area contributed by atoms with Gasteiger partial charge in [-0.05, 0) is 30.5 Å². The lowest BCUT2D eigenvalue weighted by atomic mass is 10.1. The molecule has 1 aromatic carbocycles. The summed E-state index contributed by atoms with van der Waals surface area (Å²) in [6.45, 7) is 4.39. The highest BCUT2D eigenvalue weighted by Crippen LogP contribution is 2.23. The molecule has 0 amide bonds. The molecule has 0 saturated heterocycles. The number of hydrogen-bond acceptors (Lipinski definition) is 5. The monoisotopic (exact) mass is 269 g/mol. The lowest BCUT2D eigenvalue weighted by molar-refractivity contribution is 0.466. The number of phenols is 1. The number of rotatable bonds is 3. The van der Waals surface area contributed by atoms with Crippen molar-refractivity contribution in [2.45, 2.75) is 20.4 Å². The van der Waals surface area contributed by atoms with Crippen LogP contribution in [0.4, 0.5) is 5.82 Å². The van der Waals surface area contributed by atoms with Gasteiger partial charge in [0.25, 0.3) is 0 Å². The summed E-state index contributed by atoms with van der Waals surface area (Å²) in [5.74, 6) is 1.05. The molecule has 20 heavy (non-hydrogen) atoms. The summed E-state index contributed by atoms with van der Waals surface area (Å²) in [6.07, 6.45) is 3.09. The van der Waals surface area contributed by atoms with Crippen LogP contribution in [-0.2, 0) is 6.54 Å². The largest absolute Gasteiger partial charge is 0.507 e. The lowest BCUT2D eigenvalue weighted by Crippen LogP contribution is -2.03. The molecule has 0 aliphatic heterocycles. The van der Waals surface area contributed by atoms with E-state index in [1.54, 1.807) is 6.33 Å². The third-order valence-electron chi connectivity index (χ3n) is 3.23. The molecule has 0 aliphatic carbocycles. The van der Waals surface area contributed by atoms with Crippen molar-refractivity contribution < 1.29 is 5.11 Å². The Labute approximate surface area is 115 Å². The molecule has 0 spiro atoms. The van der Waals surface area contributed by atoms with Gasteiger partial charge in [-0.2, -0.15) is 0 Å². The maximum atomic E-state index is 9.77. The highest BCUT2D eigenvalue weighted by atomic mass is 16.3. The van der Waals surface area contributed by atoms with Gasteiger partial charge < -0.3 is 15.4 Å². The van der Waals surface area contributed by atoms with Crippen molar-refractivity contribution in [2.24, 2.45) is 0 Å². The zero-order valence-electron chi connectivity index (χ0n) is 11.3. The molecule has 0 bridgehead atoms. The third-order valence-corrected chi connectivity index (χ3v) is 3.23. The van der Waals surface area contributed by atoms with Crippen molar-refractivity contribution in [1.29, 1.82) is 0 Å². The highest BCUT2D eigenvalue weighted by Gasteiger charge is 2.07. The van der Waals surface area contributed by atoms with Gasteiger partial charge >= 0.3 is 0 Å². The van der Waals surface area contributed by atoms with E-state index >= 15 is 0 Å². The second-order valence-electron chi connectivity index (χ2n) is 4.75. The molecule has 0 atom stereocenters. The van der Waals surface area contributed by atoms with E-state index in [4.69, 9.17) is 0 Å². The van der Waals surface area contributed by atoms with Crippen LogP contribution in [0.1, 0.15) is 16.7 Å². The van der Waals surface area contributed by atoms with Gasteiger partial charge in [-0.15, -0.1) is 0 Å². The van der Waals surface area contributed by atoms with Crippen LogP contribution in [0.25, 0.3) is 11.2 Å². The minimum absolute atomic E-state index is 0.352. The Morgan fingerprint density at radius 2 is 1.90 bits per heavy atom. The van der Waals surface area contributed by atoms with Gasteiger partial charge in [-0.1, -0.05) is 12.1 Å². The van der Waals surface area contributed by atoms with Gasteiger partial charge in [0, 0.05) is 6.54 Å². The maximum Gasteiger partial charge on any atom is 0.162 e. The lowest BCUT2D eigenvalue weighted by Gasteiger charge is -2.09. The van der Waals surface area contributed by atoms with E-state index in [1.165, 1.54) is 6.33 Å². The normalized spacial score (nSPS) is 10.9. The third kappa shape index (κ3) is 2.16. The Kier molecular flexibility index (Phi) is 2.98. The summed E-state index contributed by atoms with van der Waals surface area (Å²) in [7, 11) is 0. The second kappa shape index (κ2) is 4.80. The molecule has 3 rings (SSSR count). The van der Waals surface area contributed by atoms with Crippen molar-refractivity contribution in [3.05, 3.63) is 41.5 Å². The molecule has 0 unspecified atom stereocenters. The number of anilines is 1. The van der Waals surface area contributed by atoms with Crippen molar-refractivity contribution in [3.8, 4) is 5.75 Å². The maximum absolute atomic E-state index is 9.77. The summed E-state index contributed by atoms with van der Waals surface area (Å²) in [5.41, 5.74) is 4.25. The van der Waals surface area contributed by atoms with Crippen LogP contribution < -0.4 is 5.32 Å². The number of H-pyrrole nitrogens is 1. The molecule has 0 fully saturated rings. The molecule has 3 aromatic rings. The van der Waals surface area contributed by atoms with E-state index < -0.39 is 0 Å². The van der Waals surface area contributed by atoms with Gasteiger partial charge in [0.1, 0.15) is 17.6 Å². The predicted octanol–water partition coefficient (Wildman–Crippen LogP) is 2.29. The molecule has 3 N–H and O–H groups in total. The number of aryl methyl sites for hydroxylation is 2. The first-order chi connectivity index (χ1) is 9.65. The quantitative estimate of drug-likeness (QED) is 0.679. The minimum atomic E-state index is 0.352. The highest BCUT2D eigenvalue weighted by molar-refractivity contribution is 5.81. The van der Waals surface area contributed by atoms with Gasteiger partial charge in [-0.3, -0.25) is 0 Å². The van der Waals surface area contributed by atoms with E-state index in [0.717, 1.165) is 22.2 Å². The van der Waals surface area contributed by atoms with E-state index in [9.17, 15) is 5.11 Å². The number of phenolic OH excluding ortho intramolecular Hbond substituents is 1. The van der Waals surface area contributed by atoms with E-state index in [0.29, 0.717) is 23.8 Å². The zero-order valence-corrected chi connectivity index (χ0v) is 11.3. The number of aromatic amines is 1. The first-order valence-corrected chi connectivity index (χ1v) is 6.32. The molecule has 6 nitrogen and oxygen atoms in total. The Bertz CT molecular complexity index is 742. The number of aromatic nitrogens is 4. The molecular formula is C14H15N5O. The molecule has 102 valence electrons. The van der Waals surface area contributed by atoms with Gasteiger partial charge in [-0.25, -0.2) is 15.0 Å². The van der Waals surface area contributed by atoms with Gasteiger partial charge in [0.2, 0.25) is 0 Å². The van der Waals surface area contributed by atoms with Crippen LogP contribution in [-0.4, -0.2) is 25.0 Å². The number of hydrogen-bond donors (Lipinski definition) is 3. The average Bonchev–Trinajstić information content (AvgIpc) is 2.91. The number of imidazole rings is 1. The van der Waals surface area contributed by atoms with Gasteiger partial charge in [0.05, 0.1) is 6.33 Å². The number of nitrogens with zero attached hydrogens (tertiary/aromatic N) is 3. The molecular weight excluding hydrogens is 254 g/mol. The van der Waals surface area contributed by atoms with Crippen LogP contribution in [0, 0.1) is 13.8 Å². The minimum Gasteiger partial charge on any atom is -0.507 e. The first-order valence-electron chi connectivity index (χ1n) is 6.32. The standard InChI is InChI=1S/C14H15N5O/c1-8-3-10(4-9(2)12(8)20)5-15-13-11-14(17-6-16-11)19-7-18-13/h3-4,6-7,20H,5H2,1-2H3,(H2,15,16,17,18,19). The zero-order chi connectivity index (χ0) is 14.1.